The van der Waals surface area contributed by atoms with Crippen molar-refractivity contribution in [2.45, 2.75) is 13.0 Å². The van der Waals surface area contributed by atoms with E-state index < -0.39 is 0 Å². The van der Waals surface area contributed by atoms with Crippen molar-refractivity contribution in [1.82, 2.24) is 9.38 Å². The van der Waals surface area contributed by atoms with Crippen LogP contribution in [-0.2, 0) is 11.4 Å². The molecule has 0 atom stereocenters. The number of aromatic nitrogens is 2. The number of nitrogens with one attached hydrogen (secondary N) is 1. The highest BCUT2D eigenvalue weighted by Crippen LogP contribution is 2.31. The molecule has 0 saturated carbocycles. The standard InChI is InChI=1S/C19H21N3O3S/c1-24-16-7-6-14(21-19(23)8-10-26-2)11-17(16)25-13-15-12-22-9-4-3-5-18(22)20-15/h3-7,9,11-12H,8,10,13H2,1-2H3,(H,21,23). The van der Waals surface area contributed by atoms with Crippen LogP contribution >= 0.6 is 11.8 Å². The zero-order valence-corrected chi connectivity index (χ0v) is 15.6. The molecule has 0 unspecified atom stereocenters. The van der Waals surface area contributed by atoms with Crippen LogP contribution in [0.3, 0.4) is 0 Å². The first-order valence-electron chi connectivity index (χ1n) is 8.22. The fourth-order valence-electron chi connectivity index (χ4n) is 2.49. The third kappa shape index (κ3) is 4.49. The van der Waals surface area contributed by atoms with Gasteiger partial charge in [-0.2, -0.15) is 11.8 Å². The summed E-state index contributed by atoms with van der Waals surface area (Å²) < 4.78 is 13.2. The van der Waals surface area contributed by atoms with Gasteiger partial charge in [-0.15, -0.1) is 0 Å². The molecule has 0 saturated heterocycles. The van der Waals surface area contributed by atoms with E-state index in [0.717, 1.165) is 17.1 Å². The fraction of sp³-hybridized carbons (Fsp3) is 0.263. The number of rotatable bonds is 8. The second-order valence-electron chi connectivity index (χ2n) is 5.64. The topological polar surface area (TPSA) is 64.9 Å². The van der Waals surface area contributed by atoms with Crippen molar-refractivity contribution in [3.8, 4) is 11.5 Å². The minimum absolute atomic E-state index is 0.0178. The molecule has 1 N–H and O–H groups in total. The SMILES string of the molecule is COc1ccc(NC(=O)CCSC)cc1OCc1cn2ccccc2n1. The first-order valence-corrected chi connectivity index (χ1v) is 9.61. The van der Waals surface area contributed by atoms with Crippen LogP contribution in [0, 0.1) is 0 Å². The maximum absolute atomic E-state index is 11.9. The molecule has 0 fully saturated rings. The minimum Gasteiger partial charge on any atom is -0.493 e. The van der Waals surface area contributed by atoms with Crippen LogP contribution in [0.1, 0.15) is 12.1 Å². The van der Waals surface area contributed by atoms with Crippen molar-refractivity contribution >= 4 is 29.0 Å². The number of hydrogen-bond donors (Lipinski definition) is 1. The summed E-state index contributed by atoms with van der Waals surface area (Å²) in [5, 5.41) is 2.88. The maximum atomic E-state index is 11.9. The van der Waals surface area contributed by atoms with Gasteiger partial charge in [-0.05, 0) is 30.5 Å². The highest BCUT2D eigenvalue weighted by Gasteiger charge is 2.10. The summed E-state index contributed by atoms with van der Waals surface area (Å²) in [6, 6.07) is 11.2. The number of carbonyl (C=O) groups is 1. The molecule has 3 aromatic rings. The molecular formula is C19H21N3O3S. The van der Waals surface area contributed by atoms with E-state index in [2.05, 4.69) is 10.3 Å². The van der Waals surface area contributed by atoms with Gasteiger partial charge < -0.3 is 19.2 Å². The zero-order chi connectivity index (χ0) is 18.4. The van der Waals surface area contributed by atoms with E-state index in [-0.39, 0.29) is 5.91 Å². The lowest BCUT2D eigenvalue weighted by Gasteiger charge is -2.12. The quantitative estimate of drug-likeness (QED) is 0.655. The Bertz CT molecular complexity index is 862. The average Bonchev–Trinajstić information content (AvgIpc) is 3.08. The average molecular weight is 371 g/mol. The Morgan fingerprint density at radius 3 is 2.92 bits per heavy atom. The normalized spacial score (nSPS) is 10.7. The highest BCUT2D eigenvalue weighted by molar-refractivity contribution is 7.98. The van der Waals surface area contributed by atoms with Crippen molar-refractivity contribution in [2.75, 3.05) is 24.4 Å². The van der Waals surface area contributed by atoms with Crippen LogP contribution in [0.15, 0.2) is 48.8 Å². The molecule has 0 bridgehead atoms. The summed E-state index contributed by atoms with van der Waals surface area (Å²) in [7, 11) is 1.59. The van der Waals surface area contributed by atoms with Gasteiger partial charge in [0.25, 0.3) is 0 Å². The Kier molecular flexibility index (Phi) is 6.01. The van der Waals surface area contributed by atoms with Gasteiger partial charge in [-0.3, -0.25) is 4.79 Å². The van der Waals surface area contributed by atoms with E-state index in [1.807, 2.05) is 41.2 Å². The Labute approximate surface area is 156 Å². The van der Waals surface area contributed by atoms with Crippen molar-refractivity contribution in [2.24, 2.45) is 0 Å². The van der Waals surface area contributed by atoms with Gasteiger partial charge in [0.15, 0.2) is 11.5 Å². The van der Waals surface area contributed by atoms with E-state index in [0.29, 0.717) is 30.2 Å². The number of anilines is 1. The summed E-state index contributed by atoms with van der Waals surface area (Å²) in [6.45, 7) is 0.307. The molecule has 0 aliphatic carbocycles. The Hall–Kier alpha value is -2.67. The molecule has 7 heteroatoms. The number of hydrogen-bond acceptors (Lipinski definition) is 5. The number of pyridine rings is 1. The molecule has 1 amide bonds. The zero-order valence-electron chi connectivity index (χ0n) is 14.8. The van der Waals surface area contributed by atoms with Crippen LogP contribution in [0.25, 0.3) is 5.65 Å². The van der Waals surface area contributed by atoms with Crippen LogP contribution in [-0.4, -0.2) is 34.4 Å². The van der Waals surface area contributed by atoms with Gasteiger partial charge in [-0.25, -0.2) is 4.98 Å². The van der Waals surface area contributed by atoms with Crippen LogP contribution < -0.4 is 14.8 Å². The maximum Gasteiger partial charge on any atom is 0.225 e. The van der Waals surface area contributed by atoms with Crippen molar-refractivity contribution in [1.29, 1.82) is 0 Å². The number of benzene rings is 1. The first-order chi connectivity index (χ1) is 12.7. The molecule has 26 heavy (non-hydrogen) atoms. The summed E-state index contributed by atoms with van der Waals surface area (Å²) in [5.74, 6) is 1.94. The monoisotopic (exact) mass is 371 g/mol. The third-order valence-electron chi connectivity index (χ3n) is 3.77. The third-order valence-corrected chi connectivity index (χ3v) is 4.38. The molecule has 0 aliphatic rings. The molecule has 2 aromatic heterocycles. The number of nitrogens with zero attached hydrogens (tertiary/aromatic N) is 2. The molecule has 136 valence electrons. The van der Waals surface area contributed by atoms with Crippen molar-refractivity contribution in [3.63, 3.8) is 0 Å². The lowest BCUT2D eigenvalue weighted by atomic mass is 10.2. The number of carbonyl (C=O) groups excluding carboxylic acids is 1. The number of amides is 1. The van der Waals surface area contributed by atoms with Crippen molar-refractivity contribution < 1.29 is 14.3 Å². The van der Waals surface area contributed by atoms with Crippen LogP contribution in [0.5, 0.6) is 11.5 Å². The molecule has 6 nitrogen and oxygen atoms in total. The highest BCUT2D eigenvalue weighted by atomic mass is 32.2. The van der Waals surface area contributed by atoms with Crippen LogP contribution in [0.2, 0.25) is 0 Å². The van der Waals surface area contributed by atoms with Crippen LogP contribution in [0.4, 0.5) is 5.69 Å². The summed E-state index contributed by atoms with van der Waals surface area (Å²) in [6.07, 6.45) is 6.32. The van der Waals surface area contributed by atoms with E-state index in [9.17, 15) is 4.79 Å². The van der Waals surface area contributed by atoms with E-state index in [4.69, 9.17) is 9.47 Å². The lowest BCUT2D eigenvalue weighted by Crippen LogP contribution is -2.12. The van der Waals surface area contributed by atoms with E-state index in [1.165, 1.54) is 0 Å². The first kappa shape index (κ1) is 18.1. The van der Waals surface area contributed by atoms with E-state index >= 15 is 0 Å². The minimum atomic E-state index is -0.0178. The molecule has 3 rings (SSSR count). The van der Waals surface area contributed by atoms with Crippen molar-refractivity contribution in [3.05, 3.63) is 54.5 Å². The smallest absolute Gasteiger partial charge is 0.225 e. The molecule has 1 aromatic carbocycles. The van der Waals surface area contributed by atoms with Gasteiger partial charge in [0.05, 0.1) is 12.8 Å². The second kappa shape index (κ2) is 8.62. The predicted molar refractivity (Wildman–Crippen MR) is 104 cm³/mol. The number of methoxy groups -OCH3 is 1. The summed E-state index contributed by atoms with van der Waals surface area (Å²) in [5.41, 5.74) is 2.36. The molecule has 2 heterocycles. The molecule has 0 spiro atoms. The number of thioether (sulfide) groups is 1. The molecule has 0 aliphatic heterocycles. The molecule has 0 radical (unpaired) electrons. The van der Waals surface area contributed by atoms with Gasteiger partial charge in [0, 0.05) is 36.3 Å². The number of fused-ring (bicyclic) bond motifs is 1. The van der Waals surface area contributed by atoms with Gasteiger partial charge >= 0.3 is 0 Å². The Balaban J connectivity index is 1.70. The molecular weight excluding hydrogens is 350 g/mol. The van der Waals surface area contributed by atoms with Gasteiger partial charge in [0.2, 0.25) is 5.91 Å². The number of ether oxygens (including phenoxy) is 2. The predicted octanol–water partition coefficient (Wildman–Crippen LogP) is 3.61. The van der Waals surface area contributed by atoms with Gasteiger partial charge in [-0.1, -0.05) is 6.07 Å². The van der Waals surface area contributed by atoms with E-state index in [1.54, 1.807) is 37.1 Å². The van der Waals surface area contributed by atoms with Gasteiger partial charge in [0.1, 0.15) is 12.3 Å². The fourth-order valence-corrected chi connectivity index (χ4v) is 2.88. The summed E-state index contributed by atoms with van der Waals surface area (Å²) in [4.78, 5) is 16.4. The Morgan fingerprint density at radius 2 is 2.15 bits per heavy atom. The second-order valence-corrected chi connectivity index (χ2v) is 6.63. The Morgan fingerprint density at radius 1 is 1.27 bits per heavy atom. The summed E-state index contributed by atoms with van der Waals surface area (Å²) >= 11 is 1.64. The largest absolute Gasteiger partial charge is 0.493 e. The lowest BCUT2D eigenvalue weighted by molar-refractivity contribution is -0.115. The number of imidazole rings is 1.